The summed E-state index contributed by atoms with van der Waals surface area (Å²) in [5.74, 6) is 0. The lowest BCUT2D eigenvalue weighted by molar-refractivity contribution is 0.0470. The van der Waals surface area contributed by atoms with Crippen molar-refractivity contribution in [3.8, 4) is 0 Å². The van der Waals surface area contributed by atoms with E-state index in [1.54, 1.807) is 6.92 Å². The monoisotopic (exact) mass is 306 g/mol. The second-order valence-corrected chi connectivity index (χ2v) is 6.15. The lowest BCUT2D eigenvalue weighted by atomic mass is 9.97. The van der Waals surface area contributed by atoms with Crippen molar-refractivity contribution in [3.63, 3.8) is 0 Å². The quantitative estimate of drug-likeness (QED) is 0.335. The van der Waals surface area contributed by atoms with Gasteiger partial charge in [0.2, 0.25) is 0 Å². The Morgan fingerprint density at radius 3 is 2.19 bits per heavy atom. The van der Waals surface area contributed by atoms with Gasteiger partial charge in [0.1, 0.15) is 0 Å². The SMILES string of the molecule is CCC(O)CNC(C)(CO)CCN(CCO)C(C)C(C)O. The van der Waals surface area contributed by atoms with Crippen LogP contribution in [0.5, 0.6) is 0 Å². The van der Waals surface area contributed by atoms with Gasteiger partial charge in [0, 0.05) is 31.2 Å². The molecule has 128 valence electrons. The average Bonchev–Trinajstić information content (AvgIpc) is 2.48. The highest BCUT2D eigenvalue weighted by Gasteiger charge is 2.26. The fourth-order valence-corrected chi connectivity index (χ4v) is 2.07. The molecule has 0 aromatic carbocycles. The molecule has 5 N–H and O–H groups in total. The number of hydrogen-bond acceptors (Lipinski definition) is 6. The van der Waals surface area contributed by atoms with Crippen LogP contribution in [0.3, 0.4) is 0 Å². The Labute approximate surface area is 128 Å². The minimum Gasteiger partial charge on any atom is -0.395 e. The van der Waals surface area contributed by atoms with Crippen molar-refractivity contribution >= 4 is 0 Å². The molecule has 0 aliphatic rings. The van der Waals surface area contributed by atoms with Gasteiger partial charge in [-0.3, -0.25) is 4.90 Å². The highest BCUT2D eigenvalue weighted by atomic mass is 16.3. The standard InChI is InChI=1S/C15H34N2O4/c1-5-14(21)10-16-15(4,11-19)6-7-17(8-9-18)12(2)13(3)20/h12-14,16,18-21H,5-11H2,1-4H3. The van der Waals surface area contributed by atoms with E-state index in [0.29, 0.717) is 32.5 Å². The summed E-state index contributed by atoms with van der Waals surface area (Å²) in [5, 5.41) is 41.3. The molecule has 0 radical (unpaired) electrons. The topological polar surface area (TPSA) is 96.2 Å². The summed E-state index contributed by atoms with van der Waals surface area (Å²) in [5.41, 5.74) is -0.484. The van der Waals surface area contributed by atoms with E-state index in [-0.39, 0.29) is 19.3 Å². The molecule has 0 aromatic rings. The van der Waals surface area contributed by atoms with Gasteiger partial charge in [0.15, 0.2) is 0 Å². The highest BCUT2D eigenvalue weighted by Crippen LogP contribution is 2.13. The van der Waals surface area contributed by atoms with Gasteiger partial charge >= 0.3 is 0 Å². The van der Waals surface area contributed by atoms with Gasteiger partial charge in [0.05, 0.1) is 25.4 Å². The zero-order valence-electron chi connectivity index (χ0n) is 13.9. The fourth-order valence-electron chi connectivity index (χ4n) is 2.07. The first-order valence-corrected chi connectivity index (χ1v) is 7.86. The van der Waals surface area contributed by atoms with Crippen LogP contribution in [0.2, 0.25) is 0 Å². The molecule has 21 heavy (non-hydrogen) atoms. The Morgan fingerprint density at radius 2 is 1.76 bits per heavy atom. The number of nitrogens with one attached hydrogen (secondary N) is 1. The van der Waals surface area contributed by atoms with Crippen molar-refractivity contribution < 1.29 is 20.4 Å². The van der Waals surface area contributed by atoms with Gasteiger partial charge < -0.3 is 25.7 Å². The van der Waals surface area contributed by atoms with E-state index < -0.39 is 17.7 Å². The summed E-state index contributed by atoms with van der Waals surface area (Å²) in [4.78, 5) is 2.01. The largest absolute Gasteiger partial charge is 0.395 e. The molecule has 6 heteroatoms. The second-order valence-electron chi connectivity index (χ2n) is 6.15. The number of rotatable bonds is 12. The molecule has 4 atom stereocenters. The van der Waals surface area contributed by atoms with Gasteiger partial charge in [0.25, 0.3) is 0 Å². The van der Waals surface area contributed by atoms with Crippen LogP contribution in [0.15, 0.2) is 0 Å². The number of aliphatic hydroxyl groups excluding tert-OH is 4. The molecule has 0 bridgehead atoms. The third-order valence-corrected chi connectivity index (χ3v) is 4.20. The maximum atomic E-state index is 9.69. The molecule has 0 aromatic heterocycles. The van der Waals surface area contributed by atoms with Crippen molar-refractivity contribution in [2.45, 2.75) is 64.3 Å². The van der Waals surface area contributed by atoms with E-state index in [9.17, 15) is 15.3 Å². The molecule has 4 unspecified atom stereocenters. The Hall–Kier alpha value is -0.240. The van der Waals surface area contributed by atoms with Crippen LogP contribution in [0.25, 0.3) is 0 Å². The van der Waals surface area contributed by atoms with Gasteiger partial charge in [-0.1, -0.05) is 6.92 Å². The molecule has 0 fully saturated rings. The van der Waals surface area contributed by atoms with Crippen molar-refractivity contribution in [2.75, 3.05) is 32.8 Å². The molecular formula is C15H34N2O4. The van der Waals surface area contributed by atoms with Crippen molar-refractivity contribution in [1.29, 1.82) is 0 Å². The normalized spacial score (nSPS) is 19.3. The summed E-state index contributed by atoms with van der Waals surface area (Å²) < 4.78 is 0. The van der Waals surface area contributed by atoms with Gasteiger partial charge in [-0.05, 0) is 33.6 Å². The third-order valence-electron chi connectivity index (χ3n) is 4.20. The second kappa shape index (κ2) is 10.5. The van der Waals surface area contributed by atoms with Gasteiger partial charge in [-0.2, -0.15) is 0 Å². The minimum absolute atomic E-state index is 0.0283. The molecule has 0 saturated heterocycles. The molecule has 0 saturated carbocycles. The number of β-amino-alcohol motifs (C(OH)–C–C–N with tert-alkyl or cyclic N) is 1. The molecule has 0 aliphatic carbocycles. The Kier molecular flexibility index (Phi) is 10.4. The van der Waals surface area contributed by atoms with Crippen molar-refractivity contribution in [1.82, 2.24) is 10.2 Å². The summed E-state index contributed by atoms with van der Waals surface area (Å²) in [6.45, 7) is 9.08. The van der Waals surface area contributed by atoms with Crippen LogP contribution in [-0.4, -0.2) is 82.0 Å². The fraction of sp³-hybridized carbons (Fsp3) is 1.00. The Balaban J connectivity index is 4.49. The van der Waals surface area contributed by atoms with E-state index in [1.165, 1.54) is 0 Å². The third kappa shape index (κ3) is 8.09. The summed E-state index contributed by atoms with van der Waals surface area (Å²) >= 11 is 0. The average molecular weight is 306 g/mol. The molecule has 0 aliphatic heterocycles. The predicted octanol–water partition coefficient (Wildman–Crippen LogP) is -0.448. The molecule has 0 heterocycles. The first-order valence-electron chi connectivity index (χ1n) is 7.86. The first kappa shape index (κ1) is 20.8. The summed E-state index contributed by atoms with van der Waals surface area (Å²) in [6, 6.07) is -0.0543. The van der Waals surface area contributed by atoms with E-state index in [1.807, 2.05) is 25.7 Å². The van der Waals surface area contributed by atoms with E-state index in [4.69, 9.17) is 5.11 Å². The van der Waals surface area contributed by atoms with Crippen LogP contribution < -0.4 is 5.32 Å². The van der Waals surface area contributed by atoms with Crippen LogP contribution in [0.4, 0.5) is 0 Å². The molecule has 0 rings (SSSR count). The minimum atomic E-state index is -0.484. The Morgan fingerprint density at radius 1 is 1.14 bits per heavy atom. The molecule has 6 nitrogen and oxygen atoms in total. The number of nitrogens with zero attached hydrogens (tertiary/aromatic N) is 1. The zero-order chi connectivity index (χ0) is 16.5. The van der Waals surface area contributed by atoms with Crippen LogP contribution in [-0.2, 0) is 0 Å². The van der Waals surface area contributed by atoms with E-state index in [2.05, 4.69) is 5.32 Å². The maximum absolute atomic E-state index is 9.69. The van der Waals surface area contributed by atoms with Crippen molar-refractivity contribution in [3.05, 3.63) is 0 Å². The summed E-state index contributed by atoms with van der Waals surface area (Å²) in [6.07, 6.45) is 0.439. The molecule has 0 amide bonds. The zero-order valence-corrected chi connectivity index (χ0v) is 13.9. The van der Waals surface area contributed by atoms with Crippen LogP contribution >= 0.6 is 0 Å². The van der Waals surface area contributed by atoms with Crippen LogP contribution in [0.1, 0.15) is 40.5 Å². The maximum Gasteiger partial charge on any atom is 0.0664 e. The lowest BCUT2D eigenvalue weighted by Crippen LogP contribution is -2.52. The van der Waals surface area contributed by atoms with Gasteiger partial charge in [-0.25, -0.2) is 0 Å². The van der Waals surface area contributed by atoms with Gasteiger partial charge in [-0.15, -0.1) is 0 Å². The number of aliphatic hydroxyl groups is 4. The Bertz CT molecular complexity index is 266. The van der Waals surface area contributed by atoms with Crippen molar-refractivity contribution in [2.24, 2.45) is 0 Å². The van der Waals surface area contributed by atoms with Crippen LogP contribution in [0, 0.1) is 0 Å². The van der Waals surface area contributed by atoms with E-state index in [0.717, 1.165) is 0 Å². The number of hydrogen-bond donors (Lipinski definition) is 5. The molecular weight excluding hydrogens is 272 g/mol. The summed E-state index contributed by atoms with van der Waals surface area (Å²) in [7, 11) is 0. The smallest absolute Gasteiger partial charge is 0.0664 e. The first-order chi connectivity index (χ1) is 9.79. The van der Waals surface area contributed by atoms with E-state index >= 15 is 0 Å². The highest BCUT2D eigenvalue weighted by molar-refractivity contribution is 4.85. The molecule has 0 spiro atoms. The lowest BCUT2D eigenvalue weighted by Gasteiger charge is -2.35. The predicted molar refractivity (Wildman–Crippen MR) is 84.2 cm³/mol.